The Labute approximate surface area is 225 Å². The summed E-state index contributed by atoms with van der Waals surface area (Å²) < 4.78 is 0. The Kier molecular flexibility index (Phi) is 12.0. The highest BCUT2D eigenvalue weighted by Crippen LogP contribution is 2.56. The third kappa shape index (κ3) is 6.62. The number of halogens is 1. The summed E-state index contributed by atoms with van der Waals surface area (Å²) in [6.07, 6.45) is 18.1. The lowest BCUT2D eigenvalue weighted by atomic mass is 9.70. The number of nitrogen functional groups attached to an aromatic ring is 2. The summed E-state index contributed by atoms with van der Waals surface area (Å²) in [6, 6.07) is 8.74. The van der Waals surface area contributed by atoms with Crippen LogP contribution in [0, 0.1) is 0 Å². The van der Waals surface area contributed by atoms with Crippen molar-refractivity contribution < 1.29 is 0 Å². The van der Waals surface area contributed by atoms with Crippen molar-refractivity contribution in [3.63, 3.8) is 0 Å². The molecule has 0 bridgehead atoms. The van der Waals surface area contributed by atoms with Gasteiger partial charge in [0, 0.05) is 26.6 Å². The summed E-state index contributed by atoms with van der Waals surface area (Å²) >= 11 is 9.45. The average molecular weight is 521 g/mol. The van der Waals surface area contributed by atoms with E-state index in [1.54, 1.807) is 0 Å². The zero-order valence-electron chi connectivity index (χ0n) is 21.2. The van der Waals surface area contributed by atoms with Gasteiger partial charge in [0.1, 0.15) is 0 Å². The van der Waals surface area contributed by atoms with Crippen LogP contribution in [0.2, 0.25) is 0 Å². The second-order valence-corrected chi connectivity index (χ2v) is 11.0. The molecule has 0 heterocycles. The second-order valence-electron chi connectivity index (χ2n) is 10.0. The van der Waals surface area contributed by atoms with E-state index in [9.17, 15) is 0 Å². The number of anilines is 2. The van der Waals surface area contributed by atoms with E-state index in [2.05, 4.69) is 38.1 Å². The van der Waals surface area contributed by atoms with Crippen molar-refractivity contribution in [3.05, 3.63) is 35.4 Å². The number of unbranched alkanes of at least 4 members (excludes halogenated alkanes) is 10. The molecule has 0 atom stereocenters. The minimum absolute atomic E-state index is 0. The first kappa shape index (κ1) is 29.3. The second kappa shape index (κ2) is 13.9. The third-order valence-corrected chi connectivity index (χ3v) is 8.34. The van der Waals surface area contributed by atoms with Gasteiger partial charge in [-0.15, -0.1) is 37.7 Å². The van der Waals surface area contributed by atoms with E-state index in [1.165, 1.54) is 112 Å². The van der Waals surface area contributed by atoms with Crippen LogP contribution < -0.4 is 11.5 Å². The van der Waals surface area contributed by atoms with Crippen molar-refractivity contribution in [1.82, 2.24) is 0 Å². The van der Waals surface area contributed by atoms with Gasteiger partial charge in [-0.05, 0) is 59.4 Å². The molecule has 0 saturated carbocycles. The van der Waals surface area contributed by atoms with Gasteiger partial charge in [0.05, 0.1) is 0 Å². The topological polar surface area (TPSA) is 52.0 Å². The van der Waals surface area contributed by atoms with Crippen LogP contribution in [0.4, 0.5) is 11.4 Å². The molecular weight excluding hydrogens is 476 g/mol. The molecule has 0 fully saturated rings. The smallest absolute Gasteiger partial charge is 0.0456 e. The number of nitrogens with two attached hydrogens (primary N) is 2. The van der Waals surface area contributed by atoms with E-state index in [0.717, 1.165) is 21.2 Å². The van der Waals surface area contributed by atoms with E-state index in [-0.39, 0.29) is 17.8 Å². The maximum absolute atomic E-state index is 6.32. The van der Waals surface area contributed by atoms with Crippen molar-refractivity contribution in [1.29, 1.82) is 0 Å². The molecule has 2 nitrogen and oxygen atoms in total. The summed E-state index contributed by atoms with van der Waals surface area (Å²) in [5, 5.41) is 0. The van der Waals surface area contributed by atoms with Crippen LogP contribution in [-0.4, -0.2) is 0 Å². The molecule has 3 rings (SSSR count). The van der Waals surface area contributed by atoms with Crippen LogP contribution >= 0.6 is 37.7 Å². The predicted octanol–water partition coefficient (Wildman–Crippen LogP) is 9.62. The number of rotatable bonds is 14. The van der Waals surface area contributed by atoms with Crippen LogP contribution in [0.5, 0.6) is 0 Å². The zero-order valence-corrected chi connectivity index (χ0v) is 23.8. The van der Waals surface area contributed by atoms with Crippen LogP contribution in [-0.2, 0) is 5.41 Å². The summed E-state index contributed by atoms with van der Waals surface area (Å²) in [6.45, 7) is 4.56. The SMILES string of the molecule is CCCCCCCCC1(CCCCCCCC)c2cc(S)c(N)cc2-c2cc(N)c(S)cc21.Cl. The van der Waals surface area contributed by atoms with Gasteiger partial charge >= 0.3 is 0 Å². The molecule has 0 amide bonds. The predicted molar refractivity (Wildman–Crippen MR) is 159 cm³/mol. The van der Waals surface area contributed by atoms with Crippen molar-refractivity contribution in [2.24, 2.45) is 0 Å². The molecule has 34 heavy (non-hydrogen) atoms. The maximum Gasteiger partial charge on any atom is 0.0456 e. The molecule has 190 valence electrons. The molecule has 2 aromatic carbocycles. The summed E-state index contributed by atoms with van der Waals surface area (Å²) in [7, 11) is 0. The number of benzene rings is 2. The highest BCUT2D eigenvalue weighted by molar-refractivity contribution is 7.80. The third-order valence-electron chi connectivity index (χ3n) is 7.57. The standard InChI is InChI=1S/C29H44N2S2.ClH/c1-3-5-7-9-11-13-15-29(16-14-12-10-8-6-4-2)23-19-27(32)25(30)17-21(23)22-18-26(31)28(33)20-24(22)29;/h17-20,32-33H,3-16,30-31H2,1-2H3;1H. The van der Waals surface area contributed by atoms with Crippen LogP contribution in [0.15, 0.2) is 34.1 Å². The monoisotopic (exact) mass is 520 g/mol. The molecule has 0 saturated heterocycles. The summed E-state index contributed by atoms with van der Waals surface area (Å²) in [4.78, 5) is 1.77. The first-order valence-electron chi connectivity index (χ1n) is 13.2. The fraction of sp³-hybridized carbons (Fsp3) is 0.586. The van der Waals surface area contributed by atoms with Crippen molar-refractivity contribution in [3.8, 4) is 11.1 Å². The van der Waals surface area contributed by atoms with E-state index in [1.807, 2.05) is 0 Å². The number of hydrogen-bond acceptors (Lipinski definition) is 4. The molecule has 0 aliphatic heterocycles. The molecule has 1 aliphatic rings. The van der Waals surface area contributed by atoms with Crippen LogP contribution in [0.1, 0.15) is 115 Å². The molecule has 0 radical (unpaired) electrons. The van der Waals surface area contributed by atoms with Gasteiger partial charge < -0.3 is 11.5 Å². The largest absolute Gasteiger partial charge is 0.398 e. The molecule has 2 aromatic rings. The average Bonchev–Trinajstić information content (AvgIpc) is 3.02. The summed E-state index contributed by atoms with van der Waals surface area (Å²) in [5.41, 5.74) is 19.4. The highest BCUT2D eigenvalue weighted by Gasteiger charge is 2.43. The fourth-order valence-corrected chi connectivity index (χ4v) is 6.06. The van der Waals surface area contributed by atoms with Crippen LogP contribution in [0.25, 0.3) is 11.1 Å². The Morgan fingerprint density at radius 3 is 1.32 bits per heavy atom. The van der Waals surface area contributed by atoms with Gasteiger partial charge in [-0.25, -0.2) is 0 Å². The van der Waals surface area contributed by atoms with Gasteiger partial charge in [-0.2, -0.15) is 0 Å². The van der Waals surface area contributed by atoms with Gasteiger partial charge in [0.15, 0.2) is 0 Å². The molecule has 4 N–H and O–H groups in total. The van der Waals surface area contributed by atoms with E-state index >= 15 is 0 Å². The van der Waals surface area contributed by atoms with Gasteiger partial charge in [0.25, 0.3) is 0 Å². The lowest BCUT2D eigenvalue weighted by Crippen LogP contribution is -2.26. The van der Waals surface area contributed by atoms with Crippen molar-refractivity contribution in [2.75, 3.05) is 11.5 Å². The molecule has 1 aliphatic carbocycles. The molecule has 0 spiro atoms. The lowest BCUT2D eigenvalue weighted by molar-refractivity contribution is 0.397. The Morgan fingerprint density at radius 1 is 0.588 bits per heavy atom. The Bertz CT molecular complexity index is 853. The van der Waals surface area contributed by atoms with Gasteiger partial charge in [0.2, 0.25) is 0 Å². The quantitative estimate of drug-likeness (QED) is 0.114. The zero-order chi connectivity index (χ0) is 23.8. The maximum atomic E-state index is 6.32. The molecular formula is C29H45ClN2S2. The van der Waals surface area contributed by atoms with E-state index < -0.39 is 0 Å². The van der Waals surface area contributed by atoms with E-state index in [0.29, 0.717) is 0 Å². The number of thiol groups is 2. The Morgan fingerprint density at radius 2 is 0.941 bits per heavy atom. The molecule has 0 unspecified atom stereocenters. The van der Waals surface area contributed by atoms with Crippen molar-refractivity contribution in [2.45, 2.75) is 119 Å². The lowest BCUT2D eigenvalue weighted by Gasteiger charge is -2.33. The number of hydrogen-bond donors (Lipinski definition) is 4. The molecule has 0 aromatic heterocycles. The highest BCUT2D eigenvalue weighted by atomic mass is 35.5. The first-order chi connectivity index (χ1) is 15.9. The van der Waals surface area contributed by atoms with Gasteiger partial charge in [-0.1, -0.05) is 90.9 Å². The minimum atomic E-state index is 0. The summed E-state index contributed by atoms with van der Waals surface area (Å²) in [5.74, 6) is 0. The first-order valence-corrected chi connectivity index (χ1v) is 14.1. The van der Waals surface area contributed by atoms with Gasteiger partial charge in [-0.3, -0.25) is 0 Å². The number of fused-ring (bicyclic) bond motifs is 3. The van der Waals surface area contributed by atoms with Crippen LogP contribution in [0.3, 0.4) is 0 Å². The Balaban J connectivity index is 0.00000408. The normalized spacial score (nSPS) is 13.4. The minimum Gasteiger partial charge on any atom is -0.398 e. The fourth-order valence-electron chi connectivity index (χ4n) is 5.67. The van der Waals surface area contributed by atoms with E-state index in [4.69, 9.17) is 36.7 Å². The molecule has 5 heteroatoms. The van der Waals surface area contributed by atoms with Crippen molar-refractivity contribution >= 4 is 49.0 Å². The Hall–Kier alpha value is -0.970.